The number of ether oxygens (including phenoxy) is 1. The molecular weight excluding hydrogens is 246 g/mol. The van der Waals surface area contributed by atoms with Crippen molar-refractivity contribution in [1.29, 1.82) is 0 Å². The third-order valence-electron chi connectivity index (χ3n) is 2.71. The van der Waals surface area contributed by atoms with Crippen LogP contribution in [0.15, 0.2) is 24.3 Å². The van der Waals surface area contributed by atoms with Gasteiger partial charge in [0.05, 0.1) is 6.61 Å². The lowest BCUT2D eigenvalue weighted by atomic mass is 10.1. The second kappa shape index (κ2) is 7.41. The van der Waals surface area contributed by atoms with Gasteiger partial charge in [0.25, 0.3) is 0 Å². The van der Waals surface area contributed by atoms with E-state index < -0.39 is 12.0 Å². The summed E-state index contributed by atoms with van der Waals surface area (Å²) < 4.78 is 5.47. The summed E-state index contributed by atoms with van der Waals surface area (Å²) in [7, 11) is 0. The van der Waals surface area contributed by atoms with Crippen molar-refractivity contribution in [1.82, 2.24) is 4.90 Å². The van der Waals surface area contributed by atoms with Gasteiger partial charge < -0.3 is 14.7 Å². The number of amides is 1. The van der Waals surface area contributed by atoms with Gasteiger partial charge in [-0.3, -0.25) is 4.79 Å². The van der Waals surface area contributed by atoms with Crippen LogP contribution in [-0.4, -0.2) is 35.5 Å². The Labute approximate surface area is 112 Å². The highest BCUT2D eigenvalue weighted by Gasteiger charge is 2.25. The average molecular weight is 265 g/mol. The number of benzene rings is 1. The molecule has 1 atom stereocenters. The number of carboxylic acid groups (broad SMARTS) is 1. The SMILES string of the molecule is CCCOc1cccc(C(C(=O)O)N(C=O)CC)c1. The van der Waals surface area contributed by atoms with E-state index in [0.29, 0.717) is 30.9 Å². The summed E-state index contributed by atoms with van der Waals surface area (Å²) in [5, 5.41) is 9.28. The van der Waals surface area contributed by atoms with E-state index in [4.69, 9.17) is 4.74 Å². The number of carboxylic acids is 1. The van der Waals surface area contributed by atoms with Crippen LogP contribution in [0.2, 0.25) is 0 Å². The Morgan fingerprint density at radius 3 is 2.74 bits per heavy atom. The Kier molecular flexibility index (Phi) is 5.85. The summed E-state index contributed by atoms with van der Waals surface area (Å²) in [4.78, 5) is 23.5. The van der Waals surface area contributed by atoms with Crippen molar-refractivity contribution in [2.24, 2.45) is 0 Å². The molecule has 1 amide bonds. The molecule has 5 nitrogen and oxygen atoms in total. The molecule has 1 rings (SSSR count). The van der Waals surface area contributed by atoms with Crippen molar-refractivity contribution in [3.8, 4) is 5.75 Å². The lowest BCUT2D eigenvalue weighted by Crippen LogP contribution is -2.32. The molecule has 0 aliphatic carbocycles. The zero-order valence-electron chi connectivity index (χ0n) is 11.2. The molecule has 1 aromatic rings. The molecule has 0 saturated carbocycles. The van der Waals surface area contributed by atoms with E-state index in [1.807, 2.05) is 6.92 Å². The van der Waals surface area contributed by atoms with Gasteiger partial charge in [0.15, 0.2) is 6.04 Å². The van der Waals surface area contributed by atoms with Crippen LogP contribution >= 0.6 is 0 Å². The van der Waals surface area contributed by atoms with Gasteiger partial charge in [0.2, 0.25) is 6.41 Å². The minimum atomic E-state index is -1.05. The maximum atomic E-state index is 11.3. The van der Waals surface area contributed by atoms with E-state index in [-0.39, 0.29) is 0 Å². The molecule has 0 saturated heterocycles. The van der Waals surface area contributed by atoms with Crippen molar-refractivity contribution in [2.45, 2.75) is 26.3 Å². The van der Waals surface area contributed by atoms with Crippen LogP contribution in [0.1, 0.15) is 31.9 Å². The van der Waals surface area contributed by atoms with Gasteiger partial charge in [-0.2, -0.15) is 0 Å². The van der Waals surface area contributed by atoms with Crippen LogP contribution in [0.3, 0.4) is 0 Å². The smallest absolute Gasteiger partial charge is 0.331 e. The van der Waals surface area contributed by atoms with Crippen molar-refractivity contribution >= 4 is 12.4 Å². The standard InChI is InChI=1S/C14H19NO4/c1-3-8-19-12-7-5-6-11(9-12)13(14(17)18)15(4-2)10-16/h5-7,9-10,13H,3-4,8H2,1-2H3,(H,17,18). The van der Waals surface area contributed by atoms with Crippen LogP contribution in [0, 0.1) is 0 Å². The van der Waals surface area contributed by atoms with Crippen LogP contribution < -0.4 is 4.74 Å². The number of carbonyl (C=O) groups is 2. The predicted octanol–water partition coefficient (Wildman–Crippen LogP) is 2.08. The molecule has 1 N–H and O–H groups in total. The van der Waals surface area contributed by atoms with Crippen molar-refractivity contribution in [2.75, 3.05) is 13.2 Å². The van der Waals surface area contributed by atoms with Crippen molar-refractivity contribution < 1.29 is 19.4 Å². The van der Waals surface area contributed by atoms with Gasteiger partial charge in [-0.05, 0) is 31.0 Å². The highest BCUT2D eigenvalue weighted by molar-refractivity contribution is 5.78. The van der Waals surface area contributed by atoms with E-state index >= 15 is 0 Å². The molecule has 0 spiro atoms. The van der Waals surface area contributed by atoms with Gasteiger partial charge in [0.1, 0.15) is 5.75 Å². The number of nitrogens with zero attached hydrogens (tertiary/aromatic N) is 1. The molecule has 0 aliphatic heterocycles. The maximum absolute atomic E-state index is 11.3. The molecule has 0 heterocycles. The third-order valence-corrected chi connectivity index (χ3v) is 2.71. The Bertz CT molecular complexity index is 433. The Balaban J connectivity index is 3.02. The fourth-order valence-electron chi connectivity index (χ4n) is 1.79. The molecule has 1 unspecified atom stereocenters. The zero-order chi connectivity index (χ0) is 14.3. The number of hydrogen-bond donors (Lipinski definition) is 1. The van der Waals surface area contributed by atoms with Gasteiger partial charge in [-0.15, -0.1) is 0 Å². The number of likely N-dealkylation sites (N-methyl/N-ethyl adjacent to an activating group) is 1. The lowest BCUT2D eigenvalue weighted by molar-refractivity contribution is -0.146. The molecule has 1 aromatic carbocycles. The summed E-state index contributed by atoms with van der Waals surface area (Å²) in [6.45, 7) is 4.64. The fourth-order valence-corrected chi connectivity index (χ4v) is 1.79. The molecule has 104 valence electrons. The molecule has 0 radical (unpaired) electrons. The minimum Gasteiger partial charge on any atom is -0.494 e. The number of rotatable bonds is 8. The fraction of sp³-hybridized carbons (Fsp3) is 0.429. The molecule has 0 aliphatic rings. The van der Waals surface area contributed by atoms with Gasteiger partial charge in [-0.25, -0.2) is 4.79 Å². The lowest BCUT2D eigenvalue weighted by Gasteiger charge is -2.24. The molecule has 0 bridgehead atoms. The molecule has 0 fully saturated rings. The first-order valence-electron chi connectivity index (χ1n) is 6.30. The number of carbonyl (C=O) groups excluding carboxylic acids is 1. The summed E-state index contributed by atoms with van der Waals surface area (Å²) in [6.07, 6.45) is 1.43. The van der Waals surface area contributed by atoms with E-state index in [1.165, 1.54) is 4.90 Å². The largest absolute Gasteiger partial charge is 0.494 e. The van der Waals surface area contributed by atoms with E-state index in [9.17, 15) is 14.7 Å². The molecule has 0 aromatic heterocycles. The Hall–Kier alpha value is -2.04. The Morgan fingerprint density at radius 1 is 1.47 bits per heavy atom. The second-order valence-corrected chi connectivity index (χ2v) is 4.10. The van der Waals surface area contributed by atoms with Crippen LogP contribution in [-0.2, 0) is 9.59 Å². The van der Waals surface area contributed by atoms with Crippen LogP contribution in [0.4, 0.5) is 0 Å². The topological polar surface area (TPSA) is 66.8 Å². The first-order chi connectivity index (χ1) is 9.13. The third kappa shape index (κ3) is 3.98. The van der Waals surface area contributed by atoms with E-state index in [1.54, 1.807) is 31.2 Å². The molecule has 19 heavy (non-hydrogen) atoms. The highest BCUT2D eigenvalue weighted by atomic mass is 16.5. The maximum Gasteiger partial charge on any atom is 0.331 e. The average Bonchev–Trinajstić information content (AvgIpc) is 2.42. The van der Waals surface area contributed by atoms with Gasteiger partial charge in [0, 0.05) is 6.54 Å². The molecule has 5 heteroatoms. The van der Waals surface area contributed by atoms with Crippen LogP contribution in [0.5, 0.6) is 5.75 Å². The monoisotopic (exact) mass is 265 g/mol. The van der Waals surface area contributed by atoms with E-state index in [2.05, 4.69) is 0 Å². The predicted molar refractivity (Wildman–Crippen MR) is 71.0 cm³/mol. The summed E-state index contributed by atoms with van der Waals surface area (Å²) in [6, 6.07) is 5.88. The summed E-state index contributed by atoms with van der Waals surface area (Å²) in [5.74, 6) is -0.436. The zero-order valence-corrected chi connectivity index (χ0v) is 11.2. The van der Waals surface area contributed by atoms with Crippen molar-refractivity contribution in [3.63, 3.8) is 0 Å². The summed E-state index contributed by atoms with van der Waals surface area (Å²) in [5.41, 5.74) is 0.537. The van der Waals surface area contributed by atoms with Crippen molar-refractivity contribution in [3.05, 3.63) is 29.8 Å². The first kappa shape index (κ1) is 15.0. The van der Waals surface area contributed by atoms with E-state index in [0.717, 1.165) is 6.42 Å². The first-order valence-corrected chi connectivity index (χ1v) is 6.30. The summed E-state index contributed by atoms with van der Waals surface area (Å²) >= 11 is 0. The second-order valence-electron chi connectivity index (χ2n) is 4.10. The normalized spacial score (nSPS) is 11.7. The number of aliphatic carboxylic acids is 1. The van der Waals surface area contributed by atoms with Gasteiger partial charge >= 0.3 is 5.97 Å². The minimum absolute atomic E-state index is 0.334. The highest BCUT2D eigenvalue weighted by Crippen LogP contribution is 2.24. The van der Waals surface area contributed by atoms with Crippen LogP contribution in [0.25, 0.3) is 0 Å². The molecular formula is C14H19NO4. The van der Waals surface area contributed by atoms with Gasteiger partial charge in [-0.1, -0.05) is 19.1 Å². The Morgan fingerprint density at radius 2 is 2.21 bits per heavy atom. The number of hydrogen-bond acceptors (Lipinski definition) is 3. The quantitative estimate of drug-likeness (QED) is 0.731.